The number of rotatable bonds is 6. The smallest absolute Gasteiger partial charge is 0.343 e. The minimum Gasteiger partial charge on any atom is -0.423 e. The van der Waals surface area contributed by atoms with Gasteiger partial charge in [-0.2, -0.15) is 0 Å². The molecule has 0 saturated heterocycles. The molecule has 0 radical (unpaired) electrons. The van der Waals surface area contributed by atoms with Gasteiger partial charge < -0.3 is 4.74 Å². The lowest BCUT2D eigenvalue weighted by atomic mass is 10.2. The van der Waals surface area contributed by atoms with Gasteiger partial charge in [-0.3, -0.25) is 9.59 Å². The molecule has 0 amide bonds. The number of benzene rings is 2. The molecular formula is C22H20O4S2. The number of carbonyl (C=O) groups excluding carboxylic acids is 3. The van der Waals surface area contributed by atoms with E-state index in [2.05, 4.69) is 13.2 Å². The molecule has 144 valence electrons. The van der Waals surface area contributed by atoms with Crippen molar-refractivity contribution in [3.8, 4) is 5.75 Å². The van der Waals surface area contributed by atoms with E-state index in [0.29, 0.717) is 22.5 Å². The molecule has 2 aromatic carbocycles. The summed E-state index contributed by atoms with van der Waals surface area (Å²) < 4.78 is 5.46. The first-order valence-electron chi connectivity index (χ1n) is 8.35. The highest BCUT2D eigenvalue weighted by Gasteiger charge is 2.13. The molecule has 0 aliphatic heterocycles. The van der Waals surface area contributed by atoms with E-state index >= 15 is 0 Å². The van der Waals surface area contributed by atoms with Crippen LogP contribution in [-0.2, 0) is 9.59 Å². The molecule has 4 nitrogen and oxygen atoms in total. The zero-order valence-corrected chi connectivity index (χ0v) is 17.5. The Morgan fingerprint density at radius 3 is 1.82 bits per heavy atom. The van der Waals surface area contributed by atoms with Crippen LogP contribution in [0.5, 0.6) is 5.75 Å². The van der Waals surface area contributed by atoms with E-state index in [1.165, 1.54) is 0 Å². The van der Waals surface area contributed by atoms with Crippen molar-refractivity contribution in [1.29, 1.82) is 0 Å². The molecule has 0 spiro atoms. The zero-order chi connectivity index (χ0) is 20.8. The summed E-state index contributed by atoms with van der Waals surface area (Å²) >= 11 is 2.14. The third-order valence-corrected chi connectivity index (χ3v) is 5.62. The number of esters is 1. The summed E-state index contributed by atoms with van der Waals surface area (Å²) in [5.74, 6) is -0.0719. The number of aryl methyl sites for hydroxylation is 1. The minimum absolute atomic E-state index is 0.104. The first-order valence-corrected chi connectivity index (χ1v) is 9.99. The molecule has 0 aliphatic carbocycles. The third-order valence-electron chi connectivity index (χ3n) is 3.56. The van der Waals surface area contributed by atoms with Gasteiger partial charge in [-0.05, 0) is 103 Å². The van der Waals surface area contributed by atoms with Crippen molar-refractivity contribution < 1.29 is 19.1 Å². The Balaban J connectivity index is 2.06. The minimum atomic E-state index is -0.496. The first-order chi connectivity index (χ1) is 13.2. The molecule has 2 rings (SSSR count). The maximum absolute atomic E-state index is 12.4. The standard InChI is InChI=1S/C22H20O4S2/c1-13(2)21(24)27-17-8-6-16(7-9-17)20(23)26-19-11-10-18(12-15(19)5)28-22(25)14(3)4/h6-12H,1,3H2,2,4-5H3. The number of hydrogen-bond donors (Lipinski definition) is 0. The monoisotopic (exact) mass is 412 g/mol. The van der Waals surface area contributed by atoms with Gasteiger partial charge in [0.25, 0.3) is 0 Å². The lowest BCUT2D eigenvalue weighted by molar-refractivity contribution is -0.108. The lowest BCUT2D eigenvalue weighted by Gasteiger charge is -2.09. The van der Waals surface area contributed by atoms with Crippen LogP contribution >= 0.6 is 23.5 Å². The third kappa shape index (κ3) is 5.97. The topological polar surface area (TPSA) is 60.4 Å². The van der Waals surface area contributed by atoms with E-state index in [-0.39, 0.29) is 10.2 Å². The van der Waals surface area contributed by atoms with Crippen LogP contribution in [0.2, 0.25) is 0 Å². The number of hydrogen-bond acceptors (Lipinski definition) is 6. The van der Waals surface area contributed by atoms with Crippen molar-refractivity contribution in [2.75, 3.05) is 0 Å². The summed E-state index contributed by atoms with van der Waals surface area (Å²) in [5.41, 5.74) is 2.06. The summed E-state index contributed by atoms with van der Waals surface area (Å²) in [6.45, 7) is 12.4. The Kier molecular flexibility index (Phi) is 7.43. The molecule has 0 bridgehead atoms. The second-order valence-corrected chi connectivity index (χ2v) is 8.27. The Bertz CT molecular complexity index is 959. The lowest BCUT2D eigenvalue weighted by Crippen LogP contribution is -2.09. The molecule has 2 aromatic rings. The highest BCUT2D eigenvalue weighted by Crippen LogP contribution is 2.28. The second-order valence-electron chi connectivity index (χ2n) is 6.18. The van der Waals surface area contributed by atoms with Crippen molar-refractivity contribution in [3.63, 3.8) is 0 Å². The summed E-state index contributed by atoms with van der Waals surface area (Å²) in [4.78, 5) is 37.3. The Morgan fingerprint density at radius 2 is 1.32 bits per heavy atom. The SMILES string of the molecule is C=C(C)C(=O)Sc1ccc(C(=O)Oc2ccc(SC(=O)C(=C)C)cc2C)cc1. The average Bonchev–Trinajstić information content (AvgIpc) is 2.64. The van der Waals surface area contributed by atoms with Crippen molar-refractivity contribution in [1.82, 2.24) is 0 Å². The molecule has 28 heavy (non-hydrogen) atoms. The normalized spacial score (nSPS) is 10.2. The van der Waals surface area contributed by atoms with Crippen LogP contribution in [0.25, 0.3) is 0 Å². The van der Waals surface area contributed by atoms with Gasteiger partial charge in [0.2, 0.25) is 10.2 Å². The van der Waals surface area contributed by atoms with E-state index in [1.807, 2.05) is 0 Å². The van der Waals surface area contributed by atoms with Crippen LogP contribution in [0.15, 0.2) is 76.6 Å². The predicted molar refractivity (Wildman–Crippen MR) is 114 cm³/mol. The number of ether oxygens (including phenoxy) is 1. The predicted octanol–water partition coefficient (Wildman–Crippen LogP) is 5.60. The molecule has 0 aromatic heterocycles. The Labute approximate surface area is 173 Å². The van der Waals surface area contributed by atoms with Gasteiger partial charge in [-0.1, -0.05) is 13.2 Å². The quantitative estimate of drug-likeness (QED) is 0.266. The average molecular weight is 413 g/mol. The Morgan fingerprint density at radius 1 is 0.821 bits per heavy atom. The largest absolute Gasteiger partial charge is 0.423 e. The summed E-state index contributed by atoms with van der Waals surface area (Å²) in [7, 11) is 0. The van der Waals surface area contributed by atoms with Crippen LogP contribution in [0, 0.1) is 6.92 Å². The first kappa shape index (κ1) is 21.7. The van der Waals surface area contributed by atoms with Gasteiger partial charge in [0.1, 0.15) is 5.75 Å². The van der Waals surface area contributed by atoms with Gasteiger partial charge in [-0.25, -0.2) is 4.79 Å². The fraction of sp³-hybridized carbons (Fsp3) is 0.136. The van der Waals surface area contributed by atoms with E-state index in [4.69, 9.17) is 4.74 Å². The van der Waals surface area contributed by atoms with Crippen molar-refractivity contribution in [3.05, 3.63) is 77.9 Å². The highest BCUT2D eigenvalue weighted by atomic mass is 32.2. The van der Waals surface area contributed by atoms with E-state index in [9.17, 15) is 14.4 Å². The number of carbonyl (C=O) groups is 3. The molecule has 0 atom stereocenters. The molecule has 0 unspecified atom stereocenters. The van der Waals surface area contributed by atoms with Gasteiger partial charge in [-0.15, -0.1) is 0 Å². The molecule has 0 aliphatic rings. The summed E-state index contributed by atoms with van der Waals surface area (Å²) in [6, 6.07) is 11.8. The zero-order valence-electron chi connectivity index (χ0n) is 15.9. The molecule has 0 saturated carbocycles. The van der Waals surface area contributed by atoms with Crippen LogP contribution in [0.1, 0.15) is 29.8 Å². The fourth-order valence-corrected chi connectivity index (χ4v) is 3.43. The molecule has 6 heteroatoms. The maximum Gasteiger partial charge on any atom is 0.343 e. The summed E-state index contributed by atoms with van der Waals surface area (Å²) in [6.07, 6.45) is 0. The van der Waals surface area contributed by atoms with Crippen LogP contribution < -0.4 is 4.74 Å². The van der Waals surface area contributed by atoms with Crippen LogP contribution in [0.4, 0.5) is 0 Å². The molecule has 0 fully saturated rings. The number of thioether (sulfide) groups is 2. The van der Waals surface area contributed by atoms with Crippen LogP contribution in [-0.4, -0.2) is 16.2 Å². The molecule has 0 heterocycles. The van der Waals surface area contributed by atoms with Gasteiger partial charge in [0.05, 0.1) is 5.56 Å². The van der Waals surface area contributed by atoms with Crippen LogP contribution in [0.3, 0.4) is 0 Å². The van der Waals surface area contributed by atoms with Gasteiger partial charge in [0, 0.05) is 9.79 Å². The van der Waals surface area contributed by atoms with Gasteiger partial charge in [0.15, 0.2) is 0 Å². The van der Waals surface area contributed by atoms with Crippen molar-refractivity contribution >= 4 is 39.7 Å². The van der Waals surface area contributed by atoms with Crippen molar-refractivity contribution in [2.45, 2.75) is 30.6 Å². The summed E-state index contributed by atoms with van der Waals surface area (Å²) in [5, 5.41) is -0.221. The van der Waals surface area contributed by atoms with E-state index in [0.717, 1.165) is 38.9 Å². The molecule has 0 N–H and O–H groups in total. The van der Waals surface area contributed by atoms with E-state index < -0.39 is 5.97 Å². The Hall–Kier alpha value is -2.57. The maximum atomic E-state index is 12.4. The second kappa shape index (κ2) is 9.57. The van der Waals surface area contributed by atoms with Crippen molar-refractivity contribution in [2.24, 2.45) is 0 Å². The van der Waals surface area contributed by atoms with E-state index in [1.54, 1.807) is 63.2 Å². The highest BCUT2D eigenvalue weighted by molar-refractivity contribution is 8.14. The van der Waals surface area contributed by atoms with Gasteiger partial charge >= 0.3 is 5.97 Å². The molecular weight excluding hydrogens is 392 g/mol. The fourth-order valence-electron chi connectivity index (χ4n) is 2.01.